The number of fused-ring (bicyclic) bond motifs is 3. The second kappa shape index (κ2) is 6.65. The minimum absolute atomic E-state index is 0.0692. The van der Waals surface area contributed by atoms with E-state index in [1.807, 2.05) is 0 Å². The Morgan fingerprint density at radius 1 is 0.538 bits per heavy atom. The number of halogens is 1. The highest BCUT2D eigenvalue weighted by molar-refractivity contribution is 14.2. The van der Waals surface area contributed by atoms with Crippen molar-refractivity contribution in [2.45, 2.75) is 0 Å². The van der Waals surface area contributed by atoms with E-state index < -0.39 is 0 Å². The summed E-state index contributed by atoms with van der Waals surface area (Å²) in [5.41, 5.74) is 5.28. The predicted octanol–water partition coefficient (Wildman–Crippen LogP) is 7.34. The molecule has 0 saturated carbocycles. The summed E-state index contributed by atoms with van der Waals surface area (Å²) in [4.78, 5) is 0. The van der Waals surface area contributed by atoms with Crippen LogP contribution in [0.1, 0.15) is 5.56 Å². The minimum Gasteiger partial charge on any atom is -0.0937 e. The van der Waals surface area contributed by atoms with Crippen molar-refractivity contribution >= 4 is 51.9 Å². The van der Waals surface area contributed by atoms with Crippen molar-refractivity contribution in [3.8, 4) is 11.1 Å². The van der Waals surface area contributed by atoms with E-state index in [-0.39, 0.29) is 20.7 Å². The molecular weight excluding hydrogens is 427 g/mol. The molecule has 1 aliphatic rings. The van der Waals surface area contributed by atoms with Gasteiger partial charge in [-0.1, -0.05) is 99.6 Å². The van der Waals surface area contributed by atoms with E-state index >= 15 is 0 Å². The van der Waals surface area contributed by atoms with Crippen molar-refractivity contribution in [1.29, 1.82) is 0 Å². The third kappa shape index (κ3) is 2.55. The smallest absolute Gasteiger partial charge is 0.00200 e. The van der Waals surface area contributed by atoms with E-state index in [0.29, 0.717) is 0 Å². The monoisotopic (exact) mass is 444 g/mol. The zero-order valence-electron chi connectivity index (χ0n) is 14.2. The average molecular weight is 444 g/mol. The van der Waals surface area contributed by atoms with Gasteiger partial charge in [0.2, 0.25) is 0 Å². The zero-order valence-corrected chi connectivity index (χ0v) is 16.4. The van der Waals surface area contributed by atoms with Crippen molar-refractivity contribution in [3.63, 3.8) is 0 Å². The molecule has 4 aromatic rings. The molecule has 1 heterocycles. The predicted molar refractivity (Wildman–Crippen MR) is 124 cm³/mol. The molecule has 5 rings (SSSR count). The lowest BCUT2D eigenvalue weighted by Gasteiger charge is -2.19. The Morgan fingerprint density at radius 3 is 1.73 bits per heavy atom. The van der Waals surface area contributed by atoms with Crippen LogP contribution in [0.4, 0.5) is 0 Å². The summed E-state index contributed by atoms with van der Waals surface area (Å²) >= 11 is 0.0692. The average Bonchev–Trinajstić information content (AvgIpc) is 2.74. The van der Waals surface area contributed by atoms with Gasteiger partial charge in [0, 0.05) is 0 Å². The molecule has 0 spiro atoms. The molecule has 1 aliphatic heterocycles. The summed E-state index contributed by atoms with van der Waals surface area (Å²) < 4.78 is 4.71. The van der Waals surface area contributed by atoms with Crippen LogP contribution in [-0.2, 0) is 0 Å². The van der Waals surface area contributed by atoms with Crippen molar-refractivity contribution in [3.05, 3.63) is 101 Å². The van der Waals surface area contributed by atoms with Gasteiger partial charge in [-0.15, -0.1) is 0 Å². The van der Waals surface area contributed by atoms with Gasteiger partial charge in [-0.05, 0) is 64.1 Å². The first-order chi connectivity index (χ1) is 12.9. The van der Waals surface area contributed by atoms with Gasteiger partial charge in [-0.2, -0.15) is 0 Å². The highest BCUT2D eigenvalue weighted by Crippen LogP contribution is 2.42. The van der Waals surface area contributed by atoms with Crippen molar-refractivity contribution in [2.24, 2.45) is 0 Å². The van der Waals surface area contributed by atoms with Gasteiger partial charge in [0.15, 0.2) is 0 Å². The molecule has 0 atom stereocenters. The van der Waals surface area contributed by atoms with Gasteiger partial charge in [0.05, 0.1) is 0 Å². The number of benzene rings is 4. The molecule has 124 valence electrons. The number of hydrogen-bond donors (Lipinski definition) is 0. The summed E-state index contributed by atoms with van der Waals surface area (Å²) in [5, 5.41) is 5.30. The quantitative estimate of drug-likeness (QED) is 0.224. The molecule has 0 saturated heterocycles. The molecular formula is C25H17I. The molecule has 26 heavy (non-hydrogen) atoms. The van der Waals surface area contributed by atoms with Crippen LogP contribution in [0.3, 0.4) is 0 Å². The van der Waals surface area contributed by atoms with Gasteiger partial charge < -0.3 is 0 Å². The van der Waals surface area contributed by atoms with Crippen LogP contribution in [0.25, 0.3) is 38.2 Å². The topological polar surface area (TPSA) is 0 Å². The van der Waals surface area contributed by atoms with Crippen LogP contribution in [-0.4, -0.2) is 4.01 Å². The maximum Gasteiger partial charge on any atom is -0.00200 e. The molecule has 0 fully saturated rings. The van der Waals surface area contributed by atoms with Crippen LogP contribution in [0, 0.1) is 0 Å². The Kier molecular flexibility index (Phi) is 4.02. The Morgan fingerprint density at radius 2 is 1.12 bits per heavy atom. The van der Waals surface area contributed by atoms with E-state index in [9.17, 15) is 0 Å². The lowest BCUT2D eigenvalue weighted by molar-refractivity contribution is 1.63. The van der Waals surface area contributed by atoms with Gasteiger partial charge in [0.1, 0.15) is 0 Å². The van der Waals surface area contributed by atoms with E-state index in [2.05, 4.69) is 99.1 Å². The molecule has 0 amide bonds. The van der Waals surface area contributed by atoms with E-state index in [0.717, 1.165) is 0 Å². The lowest BCUT2D eigenvalue weighted by atomic mass is 9.85. The third-order valence-electron chi connectivity index (χ3n) is 4.91. The Balaban J connectivity index is 2.04. The van der Waals surface area contributed by atoms with E-state index in [4.69, 9.17) is 0 Å². The molecule has 1 heteroatoms. The van der Waals surface area contributed by atoms with Gasteiger partial charge in [0.25, 0.3) is 0 Å². The Labute approximate surface area is 163 Å². The van der Waals surface area contributed by atoms with Crippen LogP contribution < -0.4 is 0 Å². The fraction of sp³-hybridized carbons (Fsp3) is 0. The molecule has 0 N–H and O–H groups in total. The van der Waals surface area contributed by atoms with Crippen molar-refractivity contribution in [2.75, 3.05) is 0 Å². The second-order valence-corrected chi connectivity index (χ2v) is 8.53. The lowest BCUT2D eigenvalue weighted by Crippen LogP contribution is -1.94. The minimum atomic E-state index is 0.0692. The van der Waals surface area contributed by atoms with Crippen molar-refractivity contribution in [1.82, 2.24) is 0 Å². The highest BCUT2D eigenvalue weighted by atomic mass is 127. The summed E-state index contributed by atoms with van der Waals surface area (Å²) in [6.45, 7) is 0. The van der Waals surface area contributed by atoms with Crippen LogP contribution in [0.2, 0.25) is 0 Å². The Bertz CT molecular complexity index is 1210. The first-order valence-corrected chi connectivity index (χ1v) is 11.2. The summed E-state index contributed by atoms with van der Waals surface area (Å²) in [5.74, 6) is 0. The standard InChI is InChI=1S/C25H17I/c1-2-8-18(9-3-1)24-22-12-6-4-10-20(22)21-11-5-7-13-23(21)25(24)19-14-16-26-17-15-19/h1-17H. The highest BCUT2D eigenvalue weighted by Gasteiger charge is 2.17. The molecule has 0 unspecified atom stereocenters. The molecule has 4 aromatic carbocycles. The molecule has 0 nitrogen and oxygen atoms in total. The maximum absolute atomic E-state index is 2.35. The summed E-state index contributed by atoms with van der Waals surface area (Å²) in [6.07, 6.45) is 4.63. The fourth-order valence-corrected chi connectivity index (χ4v) is 5.25. The van der Waals surface area contributed by atoms with E-state index in [1.54, 1.807) is 0 Å². The normalized spacial score (nSPS) is 13.6. The number of allylic oxidation sites excluding steroid dienone is 3. The molecule has 0 aliphatic carbocycles. The fourth-order valence-electron chi connectivity index (χ4n) is 3.82. The molecule has 0 radical (unpaired) electrons. The second-order valence-electron chi connectivity index (χ2n) is 6.37. The first kappa shape index (κ1) is 15.7. The summed E-state index contributed by atoms with van der Waals surface area (Å²) in [7, 11) is 0. The first-order valence-electron chi connectivity index (χ1n) is 8.75. The van der Waals surface area contributed by atoms with Crippen molar-refractivity contribution < 1.29 is 0 Å². The zero-order chi connectivity index (χ0) is 17.3. The largest absolute Gasteiger partial charge is 0.0937 e. The van der Waals surface area contributed by atoms with E-state index in [1.165, 1.54) is 43.8 Å². The maximum atomic E-state index is 2.35. The summed E-state index contributed by atoms with van der Waals surface area (Å²) in [6, 6.07) is 28.4. The van der Waals surface area contributed by atoms with Crippen LogP contribution in [0.15, 0.2) is 95.1 Å². The van der Waals surface area contributed by atoms with Crippen LogP contribution >= 0.6 is 20.7 Å². The third-order valence-corrected chi connectivity index (χ3v) is 6.46. The molecule has 0 bridgehead atoms. The number of hydrogen-bond acceptors (Lipinski definition) is 0. The number of rotatable bonds is 2. The van der Waals surface area contributed by atoms with Crippen LogP contribution in [0.5, 0.6) is 0 Å². The SMILES string of the molecule is C1=CC(c2c(-c3ccccc3)c3ccccc3c3ccccc23)=CC=I1. The van der Waals surface area contributed by atoms with Gasteiger partial charge >= 0.3 is 0 Å². The van der Waals surface area contributed by atoms with Gasteiger partial charge in [-0.25, -0.2) is 0 Å². The molecule has 0 aromatic heterocycles. The van der Waals surface area contributed by atoms with Gasteiger partial charge in [-0.3, -0.25) is 0 Å². The Hall–Kier alpha value is -2.52.